The molecule has 2 nitrogen and oxygen atoms in total. The van der Waals surface area contributed by atoms with E-state index in [0.29, 0.717) is 6.54 Å². The Morgan fingerprint density at radius 3 is 2.64 bits per heavy atom. The molecule has 0 aliphatic carbocycles. The Labute approximate surface area is 80.1 Å². The third kappa shape index (κ3) is 1.56. The van der Waals surface area contributed by atoms with E-state index < -0.39 is 0 Å². The van der Waals surface area contributed by atoms with E-state index in [1.165, 1.54) is 3.57 Å². The number of hydrogen-bond donors (Lipinski definition) is 0. The van der Waals surface area contributed by atoms with Gasteiger partial charge in [0.05, 0.1) is 15.0 Å². The summed E-state index contributed by atoms with van der Waals surface area (Å²) in [7, 11) is 0. The first-order valence-electron chi connectivity index (χ1n) is 3.29. The molecule has 0 spiro atoms. The summed E-state index contributed by atoms with van der Waals surface area (Å²) in [6.07, 6.45) is 5.18. The Morgan fingerprint density at radius 2 is 2.27 bits per heavy atom. The van der Waals surface area contributed by atoms with Gasteiger partial charge in [-0.15, -0.1) is 6.42 Å². The van der Waals surface area contributed by atoms with Crippen molar-refractivity contribution >= 4 is 22.6 Å². The number of rotatable bonds is 1. The van der Waals surface area contributed by atoms with Crippen LogP contribution in [0.1, 0.15) is 11.4 Å². The van der Waals surface area contributed by atoms with Gasteiger partial charge < -0.3 is 0 Å². The number of nitrogens with zero attached hydrogens (tertiary/aromatic N) is 2. The first-order valence-corrected chi connectivity index (χ1v) is 4.37. The summed E-state index contributed by atoms with van der Waals surface area (Å²) in [5, 5.41) is 4.27. The van der Waals surface area contributed by atoms with Crippen LogP contribution in [0.25, 0.3) is 0 Å². The van der Waals surface area contributed by atoms with E-state index in [9.17, 15) is 0 Å². The number of aromatic nitrogens is 2. The smallest absolute Gasteiger partial charge is 0.102 e. The predicted molar refractivity (Wildman–Crippen MR) is 53.3 cm³/mol. The van der Waals surface area contributed by atoms with Crippen molar-refractivity contribution in [3.63, 3.8) is 0 Å². The molecule has 1 aromatic heterocycles. The summed E-state index contributed by atoms with van der Waals surface area (Å²) in [5.41, 5.74) is 2.21. The molecule has 0 aromatic carbocycles. The SMILES string of the molecule is C#CCn1nc(C)c(I)c1C. The first-order chi connectivity index (χ1) is 5.16. The molecule has 0 bridgehead atoms. The minimum Gasteiger partial charge on any atom is -0.257 e. The van der Waals surface area contributed by atoms with Crippen LogP contribution in [0.2, 0.25) is 0 Å². The topological polar surface area (TPSA) is 17.8 Å². The molecule has 0 aliphatic rings. The van der Waals surface area contributed by atoms with Gasteiger partial charge in [0.15, 0.2) is 0 Å². The molecular formula is C8H9IN2. The van der Waals surface area contributed by atoms with Crippen LogP contribution in [-0.4, -0.2) is 9.78 Å². The Bertz CT molecular complexity index is 307. The van der Waals surface area contributed by atoms with Crippen molar-refractivity contribution in [3.05, 3.63) is 15.0 Å². The summed E-state index contributed by atoms with van der Waals surface area (Å²) in [4.78, 5) is 0. The summed E-state index contributed by atoms with van der Waals surface area (Å²) in [6, 6.07) is 0. The molecule has 3 heteroatoms. The number of aryl methyl sites for hydroxylation is 1. The maximum Gasteiger partial charge on any atom is 0.102 e. The zero-order valence-electron chi connectivity index (χ0n) is 6.56. The quantitative estimate of drug-likeness (QED) is 0.555. The molecular weight excluding hydrogens is 251 g/mol. The molecule has 0 radical (unpaired) electrons. The van der Waals surface area contributed by atoms with Crippen LogP contribution in [0.4, 0.5) is 0 Å². The van der Waals surface area contributed by atoms with Gasteiger partial charge in [0.2, 0.25) is 0 Å². The molecule has 1 aromatic rings. The number of halogens is 1. The van der Waals surface area contributed by atoms with E-state index in [-0.39, 0.29) is 0 Å². The number of hydrogen-bond acceptors (Lipinski definition) is 1. The maximum absolute atomic E-state index is 5.18. The summed E-state index contributed by atoms with van der Waals surface area (Å²) in [5.74, 6) is 2.56. The van der Waals surface area contributed by atoms with Crippen molar-refractivity contribution in [1.29, 1.82) is 0 Å². The van der Waals surface area contributed by atoms with Crippen molar-refractivity contribution in [2.45, 2.75) is 20.4 Å². The summed E-state index contributed by atoms with van der Waals surface area (Å²) >= 11 is 2.28. The lowest BCUT2D eigenvalue weighted by Crippen LogP contribution is -2.00. The molecule has 0 unspecified atom stereocenters. The second-order valence-electron chi connectivity index (χ2n) is 2.35. The van der Waals surface area contributed by atoms with Gasteiger partial charge in [-0.2, -0.15) is 5.10 Å². The van der Waals surface area contributed by atoms with Crippen LogP contribution in [0, 0.1) is 29.8 Å². The Hall–Kier alpha value is -0.500. The molecule has 1 heterocycles. The van der Waals surface area contributed by atoms with Gasteiger partial charge in [-0.1, -0.05) is 5.92 Å². The molecule has 11 heavy (non-hydrogen) atoms. The largest absolute Gasteiger partial charge is 0.257 e. The van der Waals surface area contributed by atoms with Gasteiger partial charge in [-0.05, 0) is 36.4 Å². The number of terminal acetylenes is 1. The Balaban J connectivity index is 3.10. The van der Waals surface area contributed by atoms with Gasteiger partial charge in [0.25, 0.3) is 0 Å². The van der Waals surface area contributed by atoms with E-state index in [1.807, 2.05) is 18.5 Å². The molecule has 0 saturated heterocycles. The maximum atomic E-state index is 5.18. The highest BCUT2D eigenvalue weighted by Gasteiger charge is 2.06. The van der Waals surface area contributed by atoms with Crippen LogP contribution in [0.15, 0.2) is 0 Å². The average Bonchev–Trinajstić information content (AvgIpc) is 2.19. The second kappa shape index (κ2) is 3.26. The molecule has 0 aliphatic heterocycles. The van der Waals surface area contributed by atoms with Gasteiger partial charge >= 0.3 is 0 Å². The van der Waals surface area contributed by atoms with Crippen LogP contribution in [0.5, 0.6) is 0 Å². The van der Waals surface area contributed by atoms with Crippen molar-refractivity contribution in [1.82, 2.24) is 9.78 Å². The molecule has 0 amide bonds. The van der Waals surface area contributed by atoms with Gasteiger partial charge in [-0.25, -0.2) is 0 Å². The van der Waals surface area contributed by atoms with Crippen LogP contribution >= 0.6 is 22.6 Å². The third-order valence-corrected chi connectivity index (χ3v) is 3.10. The minimum absolute atomic E-state index is 0.565. The zero-order valence-corrected chi connectivity index (χ0v) is 8.71. The molecule has 58 valence electrons. The van der Waals surface area contributed by atoms with E-state index >= 15 is 0 Å². The van der Waals surface area contributed by atoms with Crippen molar-refractivity contribution in [2.24, 2.45) is 0 Å². The van der Waals surface area contributed by atoms with Gasteiger partial charge in [-0.3, -0.25) is 4.68 Å². The predicted octanol–water partition coefficient (Wildman–Crippen LogP) is 1.74. The monoisotopic (exact) mass is 260 g/mol. The van der Waals surface area contributed by atoms with Crippen molar-refractivity contribution in [3.8, 4) is 12.3 Å². The van der Waals surface area contributed by atoms with Crippen molar-refractivity contribution < 1.29 is 0 Å². The lowest BCUT2D eigenvalue weighted by atomic mass is 10.4. The average molecular weight is 260 g/mol. The zero-order chi connectivity index (χ0) is 8.43. The standard InChI is InChI=1S/C8H9IN2/c1-4-5-11-7(3)8(9)6(2)10-11/h1H,5H2,2-3H3. The Kier molecular flexibility index (Phi) is 2.55. The van der Waals surface area contributed by atoms with E-state index in [1.54, 1.807) is 0 Å². The van der Waals surface area contributed by atoms with Crippen LogP contribution < -0.4 is 0 Å². The lowest BCUT2D eigenvalue weighted by Gasteiger charge is -1.95. The molecule has 0 N–H and O–H groups in total. The van der Waals surface area contributed by atoms with E-state index in [4.69, 9.17) is 6.42 Å². The normalized spacial score (nSPS) is 9.64. The fourth-order valence-electron chi connectivity index (χ4n) is 0.915. The highest BCUT2D eigenvalue weighted by atomic mass is 127. The van der Waals surface area contributed by atoms with Gasteiger partial charge in [0.1, 0.15) is 6.54 Å². The Morgan fingerprint density at radius 1 is 1.64 bits per heavy atom. The minimum atomic E-state index is 0.565. The fourth-order valence-corrected chi connectivity index (χ4v) is 1.30. The lowest BCUT2D eigenvalue weighted by molar-refractivity contribution is 0.684. The third-order valence-electron chi connectivity index (χ3n) is 1.53. The summed E-state index contributed by atoms with van der Waals surface area (Å²) < 4.78 is 3.05. The molecule has 0 atom stereocenters. The molecule has 0 fully saturated rings. The van der Waals surface area contributed by atoms with E-state index in [2.05, 4.69) is 33.6 Å². The second-order valence-corrected chi connectivity index (χ2v) is 3.43. The van der Waals surface area contributed by atoms with Crippen molar-refractivity contribution in [2.75, 3.05) is 0 Å². The molecule has 1 rings (SSSR count). The first kappa shape index (κ1) is 8.60. The molecule has 0 saturated carbocycles. The fraction of sp³-hybridized carbons (Fsp3) is 0.375. The van der Waals surface area contributed by atoms with E-state index in [0.717, 1.165) is 11.4 Å². The van der Waals surface area contributed by atoms with Crippen LogP contribution in [0.3, 0.4) is 0 Å². The summed E-state index contributed by atoms with van der Waals surface area (Å²) in [6.45, 7) is 4.58. The van der Waals surface area contributed by atoms with Gasteiger partial charge in [0, 0.05) is 0 Å². The highest BCUT2D eigenvalue weighted by Crippen LogP contribution is 2.14. The highest BCUT2D eigenvalue weighted by molar-refractivity contribution is 14.1. The van der Waals surface area contributed by atoms with Crippen LogP contribution in [-0.2, 0) is 6.54 Å².